The number of para-hydroxylation sites is 1. The number of hydrogen-bond donors (Lipinski definition) is 0. The average Bonchev–Trinajstić information content (AvgIpc) is 3.01. The van der Waals surface area contributed by atoms with E-state index in [1.165, 1.54) is 0 Å². The largest absolute Gasteiger partial charge is 0.422 e. The fourth-order valence-electron chi connectivity index (χ4n) is 2.48. The van der Waals surface area contributed by atoms with Gasteiger partial charge in [-0.05, 0) is 12.1 Å². The summed E-state index contributed by atoms with van der Waals surface area (Å²) in [6.07, 6.45) is 1.54. The number of aromatic nitrogens is 2. The molecule has 4 nitrogen and oxygen atoms in total. The zero-order valence-electron chi connectivity index (χ0n) is 11.6. The summed E-state index contributed by atoms with van der Waals surface area (Å²) in [5.74, 6) is 0.538. The van der Waals surface area contributed by atoms with Gasteiger partial charge in [0.25, 0.3) is 0 Å². The van der Waals surface area contributed by atoms with Crippen molar-refractivity contribution >= 4 is 10.9 Å². The van der Waals surface area contributed by atoms with Crippen LogP contribution in [0.1, 0.15) is 0 Å². The van der Waals surface area contributed by atoms with E-state index in [1.54, 1.807) is 10.9 Å². The highest BCUT2D eigenvalue weighted by molar-refractivity contribution is 5.82. The predicted octanol–water partition coefficient (Wildman–Crippen LogP) is 3.65. The van der Waals surface area contributed by atoms with E-state index in [-0.39, 0.29) is 5.63 Å². The standard InChI is InChI=1S/C18H12N2O2/c21-18-15-12-19-20(14-9-5-2-6-10-14)16(15)11-17(22-18)13-7-3-1-4-8-13/h1-12H. The van der Waals surface area contributed by atoms with Gasteiger partial charge in [0.05, 0.1) is 17.4 Å². The minimum absolute atomic E-state index is 0.376. The highest BCUT2D eigenvalue weighted by Crippen LogP contribution is 2.23. The Hall–Kier alpha value is -3.14. The van der Waals surface area contributed by atoms with Crippen molar-refractivity contribution in [2.45, 2.75) is 0 Å². The molecule has 0 unspecified atom stereocenters. The molecule has 22 heavy (non-hydrogen) atoms. The number of fused-ring (bicyclic) bond motifs is 1. The van der Waals surface area contributed by atoms with E-state index in [9.17, 15) is 4.79 Å². The fraction of sp³-hybridized carbons (Fsp3) is 0. The molecule has 2 heterocycles. The van der Waals surface area contributed by atoms with Crippen LogP contribution in [0.5, 0.6) is 0 Å². The number of nitrogens with zero attached hydrogens (tertiary/aromatic N) is 2. The molecular weight excluding hydrogens is 276 g/mol. The Balaban J connectivity index is 1.99. The van der Waals surface area contributed by atoms with Crippen molar-refractivity contribution in [1.82, 2.24) is 9.78 Å². The molecule has 0 bridgehead atoms. The summed E-state index contributed by atoms with van der Waals surface area (Å²) in [4.78, 5) is 12.2. The average molecular weight is 288 g/mol. The fourth-order valence-corrected chi connectivity index (χ4v) is 2.48. The molecule has 0 radical (unpaired) electrons. The van der Waals surface area contributed by atoms with Gasteiger partial charge in [-0.1, -0.05) is 48.5 Å². The van der Waals surface area contributed by atoms with E-state index < -0.39 is 0 Å². The second kappa shape index (κ2) is 5.00. The zero-order chi connectivity index (χ0) is 14.9. The van der Waals surface area contributed by atoms with Crippen LogP contribution < -0.4 is 5.63 Å². The third-order valence-corrected chi connectivity index (χ3v) is 3.56. The van der Waals surface area contributed by atoms with Gasteiger partial charge in [0, 0.05) is 11.6 Å². The molecule has 0 fully saturated rings. The normalized spacial score (nSPS) is 10.9. The van der Waals surface area contributed by atoms with E-state index in [4.69, 9.17) is 4.42 Å². The van der Waals surface area contributed by atoms with Gasteiger partial charge in [-0.25, -0.2) is 9.48 Å². The summed E-state index contributed by atoms with van der Waals surface area (Å²) >= 11 is 0. The van der Waals surface area contributed by atoms with Crippen molar-refractivity contribution in [3.63, 3.8) is 0 Å². The molecule has 0 aliphatic heterocycles. The molecule has 4 aromatic rings. The Labute approximate surface area is 126 Å². The molecule has 0 atom stereocenters. The second-order valence-electron chi connectivity index (χ2n) is 4.95. The Morgan fingerprint density at radius 2 is 1.59 bits per heavy atom. The second-order valence-corrected chi connectivity index (χ2v) is 4.95. The lowest BCUT2D eigenvalue weighted by molar-refractivity contribution is 0.534. The molecule has 4 heteroatoms. The Morgan fingerprint density at radius 1 is 0.909 bits per heavy atom. The minimum atomic E-state index is -0.376. The highest BCUT2D eigenvalue weighted by Gasteiger charge is 2.12. The summed E-state index contributed by atoms with van der Waals surface area (Å²) < 4.78 is 7.17. The van der Waals surface area contributed by atoms with Crippen molar-refractivity contribution in [2.24, 2.45) is 0 Å². The van der Waals surface area contributed by atoms with Gasteiger partial charge in [0.2, 0.25) is 0 Å². The third-order valence-electron chi connectivity index (χ3n) is 3.56. The van der Waals surface area contributed by atoms with Crippen molar-refractivity contribution in [1.29, 1.82) is 0 Å². The van der Waals surface area contributed by atoms with Gasteiger partial charge in [-0.2, -0.15) is 5.10 Å². The molecule has 2 aromatic heterocycles. The van der Waals surface area contributed by atoms with E-state index in [0.717, 1.165) is 16.8 Å². The predicted molar refractivity (Wildman–Crippen MR) is 85.0 cm³/mol. The number of benzene rings is 2. The van der Waals surface area contributed by atoms with Crippen molar-refractivity contribution in [2.75, 3.05) is 0 Å². The number of hydrogen-bond acceptors (Lipinski definition) is 3. The lowest BCUT2D eigenvalue weighted by Gasteiger charge is -2.04. The first-order valence-electron chi connectivity index (χ1n) is 6.96. The first kappa shape index (κ1) is 12.6. The minimum Gasteiger partial charge on any atom is -0.422 e. The first-order valence-corrected chi connectivity index (χ1v) is 6.96. The lowest BCUT2D eigenvalue weighted by atomic mass is 10.1. The van der Waals surface area contributed by atoms with Crippen molar-refractivity contribution in [3.05, 3.63) is 83.3 Å². The van der Waals surface area contributed by atoms with Gasteiger partial charge in [-0.3, -0.25) is 0 Å². The molecule has 4 rings (SSSR count). The smallest absolute Gasteiger partial charge is 0.347 e. The van der Waals surface area contributed by atoms with Crippen LogP contribution in [0, 0.1) is 0 Å². The molecule has 0 N–H and O–H groups in total. The van der Waals surface area contributed by atoms with Crippen LogP contribution in [0.15, 0.2) is 82.1 Å². The van der Waals surface area contributed by atoms with E-state index in [1.807, 2.05) is 66.7 Å². The molecule has 0 aliphatic rings. The third kappa shape index (κ3) is 2.02. The van der Waals surface area contributed by atoms with Crippen LogP contribution in [0.4, 0.5) is 0 Å². The van der Waals surface area contributed by atoms with Gasteiger partial charge in [0.15, 0.2) is 0 Å². The summed E-state index contributed by atoms with van der Waals surface area (Å²) in [6, 6.07) is 21.1. The maximum Gasteiger partial charge on any atom is 0.347 e. The van der Waals surface area contributed by atoms with Crippen LogP contribution in [-0.4, -0.2) is 9.78 Å². The van der Waals surface area contributed by atoms with E-state index in [2.05, 4.69) is 5.10 Å². The van der Waals surface area contributed by atoms with Crippen LogP contribution in [0.3, 0.4) is 0 Å². The molecule has 0 amide bonds. The Kier molecular flexibility index (Phi) is 2.86. The Bertz CT molecular complexity index is 986. The van der Waals surface area contributed by atoms with Crippen LogP contribution in [0.2, 0.25) is 0 Å². The Morgan fingerprint density at radius 3 is 2.32 bits per heavy atom. The maximum atomic E-state index is 12.2. The molecule has 0 saturated carbocycles. The monoisotopic (exact) mass is 288 g/mol. The quantitative estimate of drug-likeness (QED) is 0.565. The molecule has 0 aliphatic carbocycles. The molecule has 0 saturated heterocycles. The first-order chi connectivity index (χ1) is 10.8. The maximum absolute atomic E-state index is 12.2. The van der Waals surface area contributed by atoms with E-state index in [0.29, 0.717) is 11.1 Å². The summed E-state index contributed by atoms with van der Waals surface area (Å²) in [6.45, 7) is 0. The molecule has 0 spiro atoms. The van der Waals surface area contributed by atoms with Crippen molar-refractivity contribution < 1.29 is 4.42 Å². The van der Waals surface area contributed by atoms with E-state index >= 15 is 0 Å². The summed E-state index contributed by atoms with van der Waals surface area (Å²) in [7, 11) is 0. The van der Waals surface area contributed by atoms with Crippen molar-refractivity contribution in [3.8, 4) is 17.0 Å². The molecular formula is C18H12N2O2. The zero-order valence-corrected chi connectivity index (χ0v) is 11.6. The SMILES string of the molecule is O=c1oc(-c2ccccc2)cc2c1cnn2-c1ccccc1. The van der Waals surface area contributed by atoms with Gasteiger partial charge >= 0.3 is 5.63 Å². The summed E-state index contributed by atoms with van der Waals surface area (Å²) in [5.41, 5.74) is 2.13. The lowest BCUT2D eigenvalue weighted by Crippen LogP contribution is -2.01. The topological polar surface area (TPSA) is 48.0 Å². The highest BCUT2D eigenvalue weighted by atomic mass is 16.4. The van der Waals surface area contributed by atoms with Gasteiger partial charge in [0.1, 0.15) is 11.1 Å². The van der Waals surface area contributed by atoms with Crippen LogP contribution >= 0.6 is 0 Å². The van der Waals surface area contributed by atoms with Crippen LogP contribution in [0.25, 0.3) is 27.9 Å². The molecule has 2 aromatic carbocycles. The van der Waals surface area contributed by atoms with Gasteiger partial charge in [-0.15, -0.1) is 0 Å². The van der Waals surface area contributed by atoms with Crippen LogP contribution in [-0.2, 0) is 0 Å². The molecule has 106 valence electrons. The number of rotatable bonds is 2. The van der Waals surface area contributed by atoms with Gasteiger partial charge < -0.3 is 4.42 Å². The summed E-state index contributed by atoms with van der Waals surface area (Å²) in [5, 5.41) is 4.79.